The first-order chi connectivity index (χ1) is 8.53. The molecular weight excluding hydrogens is 290 g/mol. The van der Waals surface area contributed by atoms with E-state index in [0.29, 0.717) is 11.5 Å². The van der Waals surface area contributed by atoms with Gasteiger partial charge in [0, 0.05) is 12.6 Å². The largest absolute Gasteiger partial charge is 0.496 e. The standard InChI is InChI=1S/C15H22BrNO/c1-15(2)8-4-5-14(15)17-10-11-6-7-13(18-3)12(16)9-11/h6-7,9,14,17H,4-5,8,10H2,1-3H3. The van der Waals surface area contributed by atoms with E-state index in [1.807, 2.05) is 6.07 Å². The maximum Gasteiger partial charge on any atom is 0.133 e. The van der Waals surface area contributed by atoms with Gasteiger partial charge in [-0.3, -0.25) is 0 Å². The maximum atomic E-state index is 5.24. The highest BCUT2D eigenvalue weighted by Crippen LogP contribution is 2.37. The van der Waals surface area contributed by atoms with Gasteiger partial charge in [0.25, 0.3) is 0 Å². The zero-order chi connectivity index (χ0) is 13.2. The molecule has 0 spiro atoms. The van der Waals surface area contributed by atoms with E-state index in [2.05, 4.69) is 47.2 Å². The van der Waals surface area contributed by atoms with E-state index < -0.39 is 0 Å². The number of halogens is 1. The van der Waals surface area contributed by atoms with Crippen LogP contribution in [0, 0.1) is 5.41 Å². The van der Waals surface area contributed by atoms with Gasteiger partial charge in [-0.05, 0) is 51.9 Å². The van der Waals surface area contributed by atoms with E-state index in [0.717, 1.165) is 16.8 Å². The van der Waals surface area contributed by atoms with E-state index in [1.165, 1.54) is 24.8 Å². The van der Waals surface area contributed by atoms with Gasteiger partial charge in [0.2, 0.25) is 0 Å². The lowest BCUT2D eigenvalue weighted by molar-refractivity contribution is 0.282. The molecule has 1 aromatic carbocycles. The summed E-state index contributed by atoms with van der Waals surface area (Å²) in [6.07, 6.45) is 3.97. The Morgan fingerprint density at radius 2 is 2.22 bits per heavy atom. The molecule has 1 unspecified atom stereocenters. The fourth-order valence-corrected chi connectivity index (χ4v) is 3.35. The summed E-state index contributed by atoms with van der Waals surface area (Å²) < 4.78 is 6.27. The van der Waals surface area contributed by atoms with Gasteiger partial charge in [-0.1, -0.05) is 26.3 Å². The summed E-state index contributed by atoms with van der Waals surface area (Å²) in [5, 5.41) is 3.69. The lowest BCUT2D eigenvalue weighted by Crippen LogP contribution is -2.37. The minimum atomic E-state index is 0.434. The van der Waals surface area contributed by atoms with Gasteiger partial charge in [-0.15, -0.1) is 0 Å². The summed E-state index contributed by atoms with van der Waals surface area (Å²) >= 11 is 3.53. The number of hydrogen-bond donors (Lipinski definition) is 1. The molecule has 1 fully saturated rings. The molecule has 3 heteroatoms. The average Bonchev–Trinajstić information content (AvgIpc) is 2.66. The third kappa shape index (κ3) is 3.07. The zero-order valence-electron chi connectivity index (χ0n) is 11.4. The van der Waals surface area contributed by atoms with Crippen LogP contribution < -0.4 is 10.1 Å². The predicted molar refractivity (Wildman–Crippen MR) is 79.0 cm³/mol. The zero-order valence-corrected chi connectivity index (χ0v) is 13.0. The van der Waals surface area contributed by atoms with Crippen LogP contribution in [0.25, 0.3) is 0 Å². The number of nitrogens with one attached hydrogen (secondary N) is 1. The van der Waals surface area contributed by atoms with Crippen LogP contribution in [0.4, 0.5) is 0 Å². The molecule has 0 radical (unpaired) electrons. The maximum absolute atomic E-state index is 5.24. The molecule has 1 N–H and O–H groups in total. The first-order valence-corrected chi connectivity index (χ1v) is 7.38. The SMILES string of the molecule is COc1ccc(CNC2CCCC2(C)C)cc1Br. The Hall–Kier alpha value is -0.540. The first-order valence-electron chi connectivity index (χ1n) is 6.59. The number of methoxy groups -OCH3 is 1. The van der Waals surface area contributed by atoms with Crippen molar-refractivity contribution in [2.75, 3.05) is 7.11 Å². The molecule has 1 aliphatic carbocycles. The van der Waals surface area contributed by atoms with Crippen LogP contribution in [0.15, 0.2) is 22.7 Å². The van der Waals surface area contributed by atoms with Gasteiger partial charge in [-0.2, -0.15) is 0 Å². The smallest absolute Gasteiger partial charge is 0.133 e. The van der Waals surface area contributed by atoms with Crippen LogP contribution in [0.3, 0.4) is 0 Å². The quantitative estimate of drug-likeness (QED) is 0.903. The van der Waals surface area contributed by atoms with Crippen LogP contribution in [0.1, 0.15) is 38.7 Å². The Kier molecular flexibility index (Phi) is 4.33. The van der Waals surface area contributed by atoms with Crippen molar-refractivity contribution < 1.29 is 4.74 Å². The highest BCUT2D eigenvalue weighted by atomic mass is 79.9. The van der Waals surface area contributed by atoms with E-state index in [9.17, 15) is 0 Å². The molecule has 0 bridgehead atoms. The lowest BCUT2D eigenvalue weighted by atomic mass is 9.87. The second kappa shape index (κ2) is 5.62. The summed E-state index contributed by atoms with van der Waals surface area (Å²) in [4.78, 5) is 0. The van der Waals surface area contributed by atoms with E-state index in [1.54, 1.807) is 7.11 Å². The fraction of sp³-hybridized carbons (Fsp3) is 0.600. The third-order valence-corrected chi connectivity index (χ3v) is 4.65. The van der Waals surface area contributed by atoms with Crippen molar-refractivity contribution in [3.05, 3.63) is 28.2 Å². The van der Waals surface area contributed by atoms with E-state index >= 15 is 0 Å². The minimum Gasteiger partial charge on any atom is -0.496 e. The highest BCUT2D eigenvalue weighted by Gasteiger charge is 2.33. The molecule has 100 valence electrons. The number of ether oxygens (including phenoxy) is 1. The molecular formula is C15H22BrNO. The summed E-state index contributed by atoms with van der Waals surface area (Å²) in [6, 6.07) is 6.91. The topological polar surface area (TPSA) is 21.3 Å². The van der Waals surface area contributed by atoms with Crippen LogP contribution >= 0.6 is 15.9 Å². The molecule has 1 saturated carbocycles. The first kappa shape index (κ1) is 13.9. The van der Waals surface area contributed by atoms with E-state index in [-0.39, 0.29) is 0 Å². The third-order valence-electron chi connectivity index (χ3n) is 4.03. The number of rotatable bonds is 4. The second-order valence-electron chi connectivity index (χ2n) is 5.78. The Labute approximate surface area is 118 Å². The molecule has 18 heavy (non-hydrogen) atoms. The lowest BCUT2D eigenvalue weighted by Gasteiger charge is -2.28. The Bertz CT molecular complexity index is 417. The molecule has 0 heterocycles. The van der Waals surface area contributed by atoms with Gasteiger partial charge in [0.1, 0.15) is 5.75 Å². The molecule has 1 aromatic rings. The van der Waals surface area contributed by atoms with Crippen molar-refractivity contribution in [1.29, 1.82) is 0 Å². The minimum absolute atomic E-state index is 0.434. The van der Waals surface area contributed by atoms with Gasteiger partial charge in [0.15, 0.2) is 0 Å². The molecule has 0 amide bonds. The Balaban J connectivity index is 1.96. The van der Waals surface area contributed by atoms with Crippen LogP contribution in [0.2, 0.25) is 0 Å². The monoisotopic (exact) mass is 311 g/mol. The van der Waals surface area contributed by atoms with Gasteiger partial charge in [0.05, 0.1) is 11.6 Å². The molecule has 2 nitrogen and oxygen atoms in total. The van der Waals surface area contributed by atoms with Crippen molar-refractivity contribution >= 4 is 15.9 Å². The molecule has 2 rings (SSSR count). The number of benzene rings is 1. The van der Waals surface area contributed by atoms with Crippen LogP contribution in [-0.4, -0.2) is 13.2 Å². The summed E-state index contributed by atoms with van der Waals surface area (Å²) in [6.45, 7) is 5.65. The van der Waals surface area contributed by atoms with Crippen molar-refractivity contribution in [2.45, 2.75) is 45.7 Å². The van der Waals surface area contributed by atoms with Gasteiger partial charge >= 0.3 is 0 Å². The molecule has 0 aliphatic heterocycles. The fourth-order valence-electron chi connectivity index (χ4n) is 2.77. The van der Waals surface area contributed by atoms with Gasteiger partial charge < -0.3 is 10.1 Å². The second-order valence-corrected chi connectivity index (χ2v) is 6.64. The van der Waals surface area contributed by atoms with Crippen molar-refractivity contribution in [1.82, 2.24) is 5.32 Å². The predicted octanol–water partition coefficient (Wildman–Crippen LogP) is 4.13. The van der Waals surface area contributed by atoms with Crippen LogP contribution in [0.5, 0.6) is 5.75 Å². The molecule has 0 aromatic heterocycles. The van der Waals surface area contributed by atoms with Gasteiger partial charge in [-0.25, -0.2) is 0 Å². The summed E-state index contributed by atoms with van der Waals surface area (Å²) in [5.41, 5.74) is 1.73. The normalized spacial score (nSPS) is 22.1. The molecule has 1 atom stereocenters. The number of hydrogen-bond acceptors (Lipinski definition) is 2. The van der Waals surface area contributed by atoms with Crippen molar-refractivity contribution in [2.24, 2.45) is 5.41 Å². The molecule has 0 saturated heterocycles. The van der Waals surface area contributed by atoms with Crippen molar-refractivity contribution in [3.8, 4) is 5.75 Å². The van der Waals surface area contributed by atoms with E-state index in [4.69, 9.17) is 4.74 Å². The van der Waals surface area contributed by atoms with Crippen molar-refractivity contribution in [3.63, 3.8) is 0 Å². The Morgan fingerprint density at radius 1 is 1.44 bits per heavy atom. The van der Waals surface area contributed by atoms with Crippen LogP contribution in [-0.2, 0) is 6.54 Å². The summed E-state index contributed by atoms with van der Waals surface area (Å²) in [7, 11) is 1.69. The Morgan fingerprint density at radius 3 is 2.78 bits per heavy atom. The highest BCUT2D eigenvalue weighted by molar-refractivity contribution is 9.10. The molecule has 1 aliphatic rings. The average molecular weight is 312 g/mol. The summed E-state index contributed by atoms with van der Waals surface area (Å²) in [5.74, 6) is 0.889.